The molecule has 1 heterocycles. The molecule has 1 saturated heterocycles. The van der Waals surface area contributed by atoms with Gasteiger partial charge in [-0.3, -0.25) is 4.79 Å². The molecular weight excluding hydrogens is 288 g/mol. The fraction of sp³-hybridized carbons (Fsp3) is 0.533. The Labute approximate surface area is 126 Å². The minimum atomic E-state index is -3.20. The Morgan fingerprint density at radius 1 is 1.33 bits per heavy atom. The fourth-order valence-electron chi connectivity index (χ4n) is 2.45. The van der Waals surface area contributed by atoms with Crippen molar-refractivity contribution in [3.8, 4) is 0 Å². The first kappa shape index (κ1) is 16.0. The molecule has 6 heteroatoms. The zero-order valence-corrected chi connectivity index (χ0v) is 13.2. The monoisotopic (exact) mass is 310 g/mol. The van der Waals surface area contributed by atoms with Gasteiger partial charge in [-0.1, -0.05) is 13.8 Å². The Morgan fingerprint density at radius 2 is 2.00 bits per heavy atom. The number of carbonyl (C=O) groups is 1. The minimum absolute atomic E-state index is 0.0624. The van der Waals surface area contributed by atoms with Gasteiger partial charge in [0.05, 0.1) is 16.7 Å². The van der Waals surface area contributed by atoms with Gasteiger partial charge in [-0.2, -0.15) is 0 Å². The van der Waals surface area contributed by atoms with E-state index >= 15 is 0 Å². The van der Waals surface area contributed by atoms with Crippen LogP contribution in [0, 0.1) is 5.92 Å². The van der Waals surface area contributed by atoms with E-state index in [4.69, 9.17) is 0 Å². The zero-order valence-electron chi connectivity index (χ0n) is 12.4. The predicted molar refractivity (Wildman–Crippen MR) is 83.0 cm³/mol. The molecule has 1 aliphatic heterocycles. The molecular formula is C15H22N2O3S. The molecule has 0 aromatic heterocycles. The number of sulfone groups is 1. The molecule has 2 atom stereocenters. The maximum Gasteiger partial charge on any atom is 0.241 e. The summed E-state index contributed by atoms with van der Waals surface area (Å²) >= 11 is 0. The van der Waals surface area contributed by atoms with Crippen molar-refractivity contribution in [1.82, 2.24) is 5.32 Å². The van der Waals surface area contributed by atoms with E-state index in [2.05, 4.69) is 17.6 Å². The summed E-state index contributed by atoms with van der Waals surface area (Å²) in [6.07, 6.45) is 1.92. The fourth-order valence-corrected chi connectivity index (χ4v) is 3.33. The maximum atomic E-state index is 12.2. The lowest BCUT2D eigenvalue weighted by atomic mass is 9.94. The van der Waals surface area contributed by atoms with Crippen molar-refractivity contribution in [2.75, 3.05) is 17.6 Å². The predicted octanol–water partition coefficient (Wildman–Crippen LogP) is 1.81. The van der Waals surface area contributed by atoms with Crippen LogP contribution in [0.15, 0.2) is 29.2 Å². The molecule has 2 unspecified atom stereocenters. The Morgan fingerprint density at radius 3 is 2.57 bits per heavy atom. The second kappa shape index (κ2) is 6.58. The molecule has 2 rings (SSSR count). The van der Waals surface area contributed by atoms with Gasteiger partial charge in [0.2, 0.25) is 5.91 Å². The number of piperidine rings is 1. The van der Waals surface area contributed by atoms with Gasteiger partial charge in [0, 0.05) is 5.69 Å². The molecule has 5 nitrogen and oxygen atoms in total. The van der Waals surface area contributed by atoms with Crippen molar-refractivity contribution >= 4 is 21.4 Å². The van der Waals surface area contributed by atoms with E-state index in [1.165, 1.54) is 12.1 Å². The molecule has 1 aliphatic rings. The highest BCUT2D eigenvalue weighted by Crippen LogP contribution is 2.18. The highest BCUT2D eigenvalue weighted by Gasteiger charge is 2.24. The third-order valence-electron chi connectivity index (χ3n) is 3.84. The summed E-state index contributed by atoms with van der Waals surface area (Å²) in [4.78, 5) is 12.4. The van der Waals surface area contributed by atoms with Crippen LogP contribution in [0.25, 0.3) is 0 Å². The maximum absolute atomic E-state index is 12.2. The number of hydrogen-bond acceptors (Lipinski definition) is 4. The Hall–Kier alpha value is -1.40. The van der Waals surface area contributed by atoms with Crippen LogP contribution < -0.4 is 10.6 Å². The number of nitrogens with one attached hydrogen (secondary N) is 2. The van der Waals surface area contributed by atoms with E-state index in [1.807, 2.05) is 0 Å². The van der Waals surface area contributed by atoms with Crippen LogP contribution in [-0.4, -0.2) is 32.7 Å². The summed E-state index contributed by atoms with van der Waals surface area (Å²) in [6.45, 7) is 4.61. The summed E-state index contributed by atoms with van der Waals surface area (Å²) in [5.74, 6) is 0.550. The Kier molecular flexibility index (Phi) is 5.00. The van der Waals surface area contributed by atoms with Gasteiger partial charge in [-0.15, -0.1) is 0 Å². The van der Waals surface area contributed by atoms with Crippen LogP contribution in [0.1, 0.15) is 26.7 Å². The largest absolute Gasteiger partial charge is 0.325 e. The van der Waals surface area contributed by atoms with Crippen molar-refractivity contribution in [3.63, 3.8) is 0 Å². The Bertz CT molecular complexity index is 596. The molecule has 116 valence electrons. The minimum Gasteiger partial charge on any atom is -0.325 e. The van der Waals surface area contributed by atoms with Crippen LogP contribution in [0.3, 0.4) is 0 Å². The number of benzene rings is 1. The molecule has 2 N–H and O–H groups in total. The van der Waals surface area contributed by atoms with E-state index in [0.717, 1.165) is 19.4 Å². The van der Waals surface area contributed by atoms with Crippen molar-refractivity contribution in [2.45, 2.75) is 37.6 Å². The van der Waals surface area contributed by atoms with E-state index < -0.39 is 9.84 Å². The van der Waals surface area contributed by atoms with E-state index in [-0.39, 0.29) is 22.6 Å². The molecule has 0 spiro atoms. The van der Waals surface area contributed by atoms with Gasteiger partial charge >= 0.3 is 0 Å². The smallest absolute Gasteiger partial charge is 0.241 e. The van der Waals surface area contributed by atoms with Crippen LogP contribution in [-0.2, 0) is 14.6 Å². The van der Waals surface area contributed by atoms with Gasteiger partial charge in [-0.05, 0) is 49.6 Å². The first-order valence-corrected chi connectivity index (χ1v) is 8.94. The molecule has 1 aromatic carbocycles. The number of hydrogen-bond donors (Lipinski definition) is 2. The van der Waals surface area contributed by atoms with E-state index in [1.54, 1.807) is 19.1 Å². The van der Waals surface area contributed by atoms with Gasteiger partial charge in [0.15, 0.2) is 9.84 Å². The third kappa shape index (κ3) is 4.04. The summed E-state index contributed by atoms with van der Waals surface area (Å²) < 4.78 is 23.4. The molecule has 1 fully saturated rings. The molecule has 0 saturated carbocycles. The highest BCUT2D eigenvalue weighted by atomic mass is 32.2. The summed E-state index contributed by atoms with van der Waals surface area (Å²) in [6, 6.07) is 6.16. The average molecular weight is 310 g/mol. The van der Waals surface area contributed by atoms with Crippen LogP contribution in [0.5, 0.6) is 0 Å². The lowest BCUT2D eigenvalue weighted by Crippen LogP contribution is -2.45. The summed E-state index contributed by atoms with van der Waals surface area (Å²) in [5.41, 5.74) is 0.620. The van der Waals surface area contributed by atoms with Gasteiger partial charge in [-0.25, -0.2) is 8.42 Å². The summed E-state index contributed by atoms with van der Waals surface area (Å²) in [7, 11) is -3.20. The number of rotatable bonds is 4. The number of amides is 1. The highest BCUT2D eigenvalue weighted by molar-refractivity contribution is 7.91. The average Bonchev–Trinajstić information content (AvgIpc) is 2.48. The van der Waals surface area contributed by atoms with Gasteiger partial charge in [0.1, 0.15) is 0 Å². The zero-order chi connectivity index (χ0) is 15.5. The van der Waals surface area contributed by atoms with Crippen LogP contribution in [0.2, 0.25) is 0 Å². The second-order valence-corrected chi connectivity index (χ2v) is 7.83. The second-order valence-electron chi connectivity index (χ2n) is 5.55. The van der Waals surface area contributed by atoms with Gasteiger partial charge < -0.3 is 10.6 Å². The standard InChI is InChI=1S/C15H22N2O3S/c1-3-21(19,20)13-6-4-12(5-7-13)17-15(18)14-10-11(2)8-9-16-14/h4-7,11,14,16H,3,8-10H2,1-2H3,(H,17,18). The normalized spacial score (nSPS) is 22.8. The lowest BCUT2D eigenvalue weighted by Gasteiger charge is -2.27. The molecule has 1 amide bonds. The molecule has 21 heavy (non-hydrogen) atoms. The quantitative estimate of drug-likeness (QED) is 0.889. The van der Waals surface area contributed by atoms with Crippen LogP contribution in [0.4, 0.5) is 5.69 Å². The number of anilines is 1. The van der Waals surface area contributed by atoms with E-state index in [9.17, 15) is 13.2 Å². The number of carbonyl (C=O) groups excluding carboxylic acids is 1. The van der Waals surface area contributed by atoms with Crippen molar-refractivity contribution in [1.29, 1.82) is 0 Å². The first-order chi connectivity index (χ1) is 9.92. The van der Waals surface area contributed by atoms with E-state index in [0.29, 0.717) is 11.6 Å². The molecule has 0 aliphatic carbocycles. The Balaban J connectivity index is 2.02. The lowest BCUT2D eigenvalue weighted by molar-refractivity contribution is -0.119. The topological polar surface area (TPSA) is 75.3 Å². The molecule has 0 bridgehead atoms. The molecule has 0 radical (unpaired) electrons. The van der Waals surface area contributed by atoms with Crippen molar-refractivity contribution < 1.29 is 13.2 Å². The van der Waals surface area contributed by atoms with Gasteiger partial charge in [0.25, 0.3) is 0 Å². The SMILES string of the molecule is CCS(=O)(=O)c1ccc(NC(=O)C2CC(C)CCN2)cc1. The third-order valence-corrected chi connectivity index (χ3v) is 5.59. The van der Waals surface area contributed by atoms with Crippen LogP contribution >= 0.6 is 0 Å². The first-order valence-electron chi connectivity index (χ1n) is 7.29. The van der Waals surface area contributed by atoms with Crippen molar-refractivity contribution in [3.05, 3.63) is 24.3 Å². The molecule has 1 aromatic rings. The summed E-state index contributed by atoms with van der Waals surface area (Å²) in [5, 5.41) is 6.04. The van der Waals surface area contributed by atoms with Crippen molar-refractivity contribution in [2.24, 2.45) is 5.92 Å².